The van der Waals surface area contributed by atoms with E-state index < -0.39 is 0 Å². The van der Waals surface area contributed by atoms with Crippen molar-refractivity contribution in [2.75, 3.05) is 11.9 Å². The zero-order chi connectivity index (χ0) is 10.7. The van der Waals surface area contributed by atoms with E-state index in [0.29, 0.717) is 5.92 Å². The van der Waals surface area contributed by atoms with Crippen molar-refractivity contribution in [1.82, 2.24) is 0 Å². The number of rotatable bonds is 3. The molecule has 0 saturated heterocycles. The Labute approximate surface area is 92.4 Å². The number of hydrogen-bond acceptors (Lipinski definition) is 1. The molecule has 0 N–H and O–H groups in total. The van der Waals surface area contributed by atoms with E-state index in [9.17, 15) is 0 Å². The molecule has 0 unspecified atom stereocenters. The lowest BCUT2D eigenvalue weighted by Gasteiger charge is -2.26. The Morgan fingerprint density at radius 1 is 1.20 bits per heavy atom. The van der Waals surface area contributed by atoms with Crippen LogP contribution >= 0.6 is 0 Å². The van der Waals surface area contributed by atoms with Crippen LogP contribution in [-0.2, 0) is 0 Å². The van der Waals surface area contributed by atoms with Gasteiger partial charge < -0.3 is 4.90 Å². The first kappa shape index (κ1) is 10.3. The highest BCUT2D eigenvalue weighted by Gasteiger charge is 2.20. The Kier molecular flexibility index (Phi) is 3.10. The van der Waals surface area contributed by atoms with Crippen molar-refractivity contribution in [1.29, 1.82) is 0 Å². The van der Waals surface area contributed by atoms with Gasteiger partial charge in [0, 0.05) is 18.4 Å². The second kappa shape index (κ2) is 4.52. The molecule has 1 nitrogen and oxygen atoms in total. The molecule has 0 atom stereocenters. The summed E-state index contributed by atoms with van der Waals surface area (Å²) in [7, 11) is 2.12. The summed E-state index contributed by atoms with van der Waals surface area (Å²) in [4.78, 5) is 2.23. The minimum atomic E-state index is 0.704. The maximum atomic E-state index is 4.24. The lowest BCUT2D eigenvalue weighted by molar-refractivity contribution is 0.625. The number of hydrogen-bond donors (Lipinski definition) is 0. The van der Waals surface area contributed by atoms with Gasteiger partial charge in [-0.3, -0.25) is 0 Å². The predicted octanol–water partition coefficient (Wildman–Crippen LogP) is 3.83. The summed E-state index contributed by atoms with van der Waals surface area (Å²) in [5.41, 5.74) is 2.52. The fraction of sp³-hybridized carbons (Fsp3) is 0.429. The first-order valence-electron chi connectivity index (χ1n) is 5.76. The third-order valence-corrected chi connectivity index (χ3v) is 3.40. The topological polar surface area (TPSA) is 3.24 Å². The van der Waals surface area contributed by atoms with Gasteiger partial charge in [0.05, 0.1) is 0 Å². The molecule has 0 spiro atoms. The van der Waals surface area contributed by atoms with Gasteiger partial charge in [0.2, 0.25) is 0 Å². The second-order valence-electron chi connectivity index (χ2n) is 4.37. The van der Waals surface area contributed by atoms with Gasteiger partial charge in [0.15, 0.2) is 0 Å². The monoisotopic (exact) mass is 201 g/mol. The predicted molar refractivity (Wildman–Crippen MR) is 65.9 cm³/mol. The van der Waals surface area contributed by atoms with Crippen molar-refractivity contribution in [2.24, 2.45) is 5.92 Å². The van der Waals surface area contributed by atoms with Gasteiger partial charge in [-0.25, -0.2) is 0 Å². The summed E-state index contributed by atoms with van der Waals surface area (Å²) in [6.45, 7) is 4.24. The third-order valence-electron chi connectivity index (χ3n) is 3.40. The number of para-hydroxylation sites is 1. The molecule has 1 aliphatic carbocycles. The summed E-state index contributed by atoms with van der Waals surface area (Å²) >= 11 is 0. The van der Waals surface area contributed by atoms with Gasteiger partial charge in [-0.2, -0.15) is 0 Å². The van der Waals surface area contributed by atoms with E-state index in [1.807, 2.05) is 0 Å². The Morgan fingerprint density at radius 2 is 1.80 bits per heavy atom. The molecule has 2 rings (SSSR count). The van der Waals surface area contributed by atoms with Gasteiger partial charge in [0.1, 0.15) is 0 Å². The smallest absolute Gasteiger partial charge is 0.0405 e. The molecule has 80 valence electrons. The largest absolute Gasteiger partial charge is 0.348 e. The van der Waals surface area contributed by atoms with E-state index in [0.717, 1.165) is 0 Å². The molecule has 0 radical (unpaired) electrons. The normalized spacial score (nSPS) is 16.6. The molecule has 1 saturated carbocycles. The highest BCUT2D eigenvalue weighted by atomic mass is 15.1. The zero-order valence-corrected chi connectivity index (χ0v) is 9.45. The SMILES string of the molecule is C=C(C1CCCC1)N(C)c1ccccc1. The lowest BCUT2D eigenvalue weighted by atomic mass is 10.0. The van der Waals surface area contributed by atoms with E-state index in [-0.39, 0.29) is 0 Å². The van der Waals surface area contributed by atoms with Crippen LogP contribution in [-0.4, -0.2) is 7.05 Å². The van der Waals surface area contributed by atoms with Crippen molar-refractivity contribution in [3.63, 3.8) is 0 Å². The standard InChI is InChI=1S/C14H19N/c1-12(13-8-6-7-9-13)15(2)14-10-4-3-5-11-14/h3-5,10-11,13H,1,6-9H2,2H3. The van der Waals surface area contributed by atoms with Gasteiger partial charge in [0.25, 0.3) is 0 Å². The molecule has 0 aliphatic heterocycles. The highest BCUT2D eigenvalue weighted by molar-refractivity contribution is 5.50. The van der Waals surface area contributed by atoms with Crippen LogP contribution < -0.4 is 4.90 Å². The zero-order valence-electron chi connectivity index (χ0n) is 9.45. The molecule has 0 bridgehead atoms. The van der Waals surface area contributed by atoms with Crippen molar-refractivity contribution < 1.29 is 0 Å². The first-order chi connectivity index (χ1) is 7.29. The third kappa shape index (κ3) is 2.23. The van der Waals surface area contributed by atoms with E-state index in [4.69, 9.17) is 0 Å². The van der Waals surface area contributed by atoms with Gasteiger partial charge in [-0.1, -0.05) is 37.6 Å². The summed E-state index contributed by atoms with van der Waals surface area (Å²) < 4.78 is 0. The molecule has 1 heteroatoms. The van der Waals surface area contributed by atoms with Crippen LogP contribution in [0.2, 0.25) is 0 Å². The van der Waals surface area contributed by atoms with Crippen LogP contribution in [0.4, 0.5) is 5.69 Å². The molecule has 1 aromatic rings. The van der Waals surface area contributed by atoms with E-state index in [1.54, 1.807) is 0 Å². The van der Waals surface area contributed by atoms with Gasteiger partial charge in [-0.05, 0) is 30.9 Å². The quantitative estimate of drug-likeness (QED) is 0.718. The van der Waals surface area contributed by atoms with Crippen LogP contribution in [0.1, 0.15) is 25.7 Å². The molecule has 0 heterocycles. The fourth-order valence-electron chi connectivity index (χ4n) is 2.35. The van der Waals surface area contributed by atoms with Crippen molar-refractivity contribution in [3.8, 4) is 0 Å². The first-order valence-corrected chi connectivity index (χ1v) is 5.76. The van der Waals surface area contributed by atoms with Gasteiger partial charge >= 0.3 is 0 Å². The molecular weight excluding hydrogens is 182 g/mol. The van der Waals surface area contributed by atoms with E-state index in [1.165, 1.54) is 37.1 Å². The molecule has 15 heavy (non-hydrogen) atoms. The summed E-state index contributed by atoms with van der Waals surface area (Å²) in [6, 6.07) is 10.5. The molecule has 1 aliphatic rings. The van der Waals surface area contributed by atoms with Crippen molar-refractivity contribution >= 4 is 5.69 Å². The average molecular weight is 201 g/mol. The Bertz CT molecular complexity index is 322. The highest BCUT2D eigenvalue weighted by Crippen LogP contribution is 2.33. The number of anilines is 1. The van der Waals surface area contributed by atoms with E-state index in [2.05, 4.69) is 48.9 Å². The molecule has 0 amide bonds. The molecule has 0 aromatic heterocycles. The lowest BCUT2D eigenvalue weighted by Crippen LogP contribution is -2.20. The van der Waals surface area contributed by atoms with E-state index >= 15 is 0 Å². The Morgan fingerprint density at radius 3 is 2.40 bits per heavy atom. The summed E-state index contributed by atoms with van der Waals surface area (Å²) in [5.74, 6) is 0.704. The number of benzene rings is 1. The number of allylic oxidation sites excluding steroid dienone is 1. The van der Waals surface area contributed by atoms with Crippen molar-refractivity contribution in [3.05, 3.63) is 42.6 Å². The maximum Gasteiger partial charge on any atom is 0.0405 e. The number of nitrogens with zero attached hydrogens (tertiary/aromatic N) is 1. The van der Waals surface area contributed by atoms with Crippen LogP contribution in [0.25, 0.3) is 0 Å². The van der Waals surface area contributed by atoms with Gasteiger partial charge in [-0.15, -0.1) is 0 Å². The molecule has 1 fully saturated rings. The Balaban J connectivity index is 2.07. The Hall–Kier alpha value is -1.24. The minimum absolute atomic E-state index is 0.704. The summed E-state index contributed by atoms with van der Waals surface area (Å²) in [5, 5.41) is 0. The minimum Gasteiger partial charge on any atom is -0.348 e. The van der Waals surface area contributed by atoms with Crippen LogP contribution in [0.15, 0.2) is 42.6 Å². The second-order valence-corrected chi connectivity index (χ2v) is 4.37. The average Bonchev–Trinajstić information content (AvgIpc) is 2.82. The van der Waals surface area contributed by atoms with Crippen LogP contribution in [0.5, 0.6) is 0 Å². The summed E-state index contributed by atoms with van der Waals surface area (Å²) in [6.07, 6.45) is 5.37. The molecule has 1 aromatic carbocycles. The molecular formula is C14H19N. The fourth-order valence-corrected chi connectivity index (χ4v) is 2.35. The van der Waals surface area contributed by atoms with Crippen LogP contribution in [0, 0.1) is 5.92 Å². The van der Waals surface area contributed by atoms with Crippen LogP contribution in [0.3, 0.4) is 0 Å². The van der Waals surface area contributed by atoms with Crippen molar-refractivity contribution in [2.45, 2.75) is 25.7 Å². The maximum absolute atomic E-state index is 4.24.